The lowest BCUT2D eigenvalue weighted by molar-refractivity contribution is -0.146. The predicted molar refractivity (Wildman–Crippen MR) is 113 cm³/mol. The van der Waals surface area contributed by atoms with E-state index in [1.165, 1.54) is 17.7 Å². The molecule has 4 rings (SSSR count). The number of fused-ring (bicyclic) bond motifs is 1. The van der Waals surface area contributed by atoms with E-state index in [2.05, 4.69) is 17.4 Å². The van der Waals surface area contributed by atoms with Crippen LogP contribution in [0.4, 0.5) is 4.39 Å². The van der Waals surface area contributed by atoms with Gasteiger partial charge in [-0.15, -0.1) is 0 Å². The number of carbonyl (C=O) groups is 1. The lowest BCUT2D eigenvalue weighted by Crippen LogP contribution is -2.46. The van der Waals surface area contributed by atoms with Crippen LogP contribution in [0.25, 0.3) is 0 Å². The lowest BCUT2D eigenvalue weighted by atomic mass is 9.87. The minimum absolute atomic E-state index is 0.00743. The molecule has 5 nitrogen and oxygen atoms in total. The van der Waals surface area contributed by atoms with Crippen LogP contribution in [-0.2, 0) is 20.7 Å². The van der Waals surface area contributed by atoms with E-state index in [1.807, 2.05) is 17.0 Å². The van der Waals surface area contributed by atoms with E-state index in [-0.39, 0.29) is 23.8 Å². The molecule has 1 saturated heterocycles. The number of carbonyl (C=O) groups excluding carboxylic acids is 1. The fourth-order valence-electron chi connectivity index (χ4n) is 4.43. The molecule has 30 heavy (non-hydrogen) atoms. The van der Waals surface area contributed by atoms with E-state index in [0.717, 1.165) is 30.5 Å². The average molecular weight is 413 g/mol. The van der Waals surface area contributed by atoms with Crippen molar-refractivity contribution in [1.29, 1.82) is 0 Å². The highest BCUT2D eigenvalue weighted by molar-refractivity contribution is 5.82. The second kappa shape index (κ2) is 9.69. The molecule has 0 spiro atoms. The maximum atomic E-state index is 13.6. The molecule has 1 fully saturated rings. The molecule has 0 radical (unpaired) electrons. The summed E-state index contributed by atoms with van der Waals surface area (Å²) in [5.74, 6) is -0.269. The summed E-state index contributed by atoms with van der Waals surface area (Å²) in [4.78, 5) is 15.5. The Morgan fingerprint density at radius 2 is 2.03 bits per heavy atom. The Labute approximate surface area is 177 Å². The van der Waals surface area contributed by atoms with Crippen molar-refractivity contribution in [2.75, 3.05) is 33.4 Å². The number of hydrogen-bond acceptors (Lipinski definition) is 4. The zero-order valence-electron chi connectivity index (χ0n) is 17.4. The van der Waals surface area contributed by atoms with Crippen molar-refractivity contribution in [3.05, 3.63) is 71.0 Å². The smallest absolute Gasteiger partial charge is 0.252 e. The number of amides is 1. The number of nitrogens with one attached hydrogen (secondary N) is 1. The van der Waals surface area contributed by atoms with Crippen LogP contribution in [-0.4, -0.2) is 56.4 Å². The largest absolute Gasteiger partial charge is 0.385 e. The van der Waals surface area contributed by atoms with E-state index in [4.69, 9.17) is 9.47 Å². The van der Waals surface area contributed by atoms with Gasteiger partial charge in [0.05, 0.1) is 12.6 Å². The number of ether oxygens (including phenoxy) is 2. The highest BCUT2D eigenvalue weighted by Crippen LogP contribution is 2.36. The fraction of sp³-hybridized carbons (Fsp3) is 0.458. The Kier molecular flexibility index (Phi) is 6.77. The van der Waals surface area contributed by atoms with Gasteiger partial charge in [0.1, 0.15) is 11.9 Å². The molecular weight excluding hydrogens is 383 g/mol. The Morgan fingerprint density at radius 3 is 2.83 bits per heavy atom. The molecule has 1 amide bonds. The zero-order chi connectivity index (χ0) is 20.9. The van der Waals surface area contributed by atoms with Crippen molar-refractivity contribution >= 4 is 5.91 Å². The Balaban J connectivity index is 1.57. The molecule has 0 unspecified atom stereocenters. The summed E-state index contributed by atoms with van der Waals surface area (Å²) in [5, 5.41) is 3.45. The molecule has 160 valence electrons. The van der Waals surface area contributed by atoms with Crippen LogP contribution in [0.2, 0.25) is 0 Å². The van der Waals surface area contributed by atoms with Crippen molar-refractivity contribution in [1.82, 2.24) is 10.2 Å². The number of nitrogens with zero attached hydrogens (tertiary/aromatic N) is 1. The molecular formula is C24H29FN2O3. The van der Waals surface area contributed by atoms with Crippen molar-refractivity contribution in [2.24, 2.45) is 0 Å². The van der Waals surface area contributed by atoms with Crippen molar-refractivity contribution in [2.45, 2.75) is 37.5 Å². The van der Waals surface area contributed by atoms with Gasteiger partial charge in [0.25, 0.3) is 5.91 Å². The third-order valence-electron chi connectivity index (χ3n) is 6.04. The van der Waals surface area contributed by atoms with Crippen molar-refractivity contribution < 1.29 is 18.7 Å². The lowest BCUT2D eigenvalue weighted by Gasteiger charge is -2.39. The molecule has 0 aliphatic carbocycles. The first-order valence-corrected chi connectivity index (χ1v) is 10.6. The topological polar surface area (TPSA) is 50.8 Å². The number of halogens is 1. The standard InChI is InChI=1S/C24H29FN2O3/c1-29-15-12-20-16-30-22(10-13-26-20)24(28)27-14-11-17-4-2-3-5-21(17)23(27)18-6-8-19(25)9-7-18/h2-9,20,22-23,26H,10-16H2,1H3/t20-,22-,23+/m1/s1. The second-order valence-electron chi connectivity index (χ2n) is 7.98. The van der Waals surface area contributed by atoms with E-state index in [9.17, 15) is 9.18 Å². The predicted octanol–water partition coefficient (Wildman–Crippen LogP) is 3.08. The molecule has 0 saturated carbocycles. The fourth-order valence-corrected chi connectivity index (χ4v) is 4.43. The quantitative estimate of drug-likeness (QED) is 0.820. The minimum atomic E-state index is -0.474. The van der Waals surface area contributed by atoms with Crippen LogP contribution >= 0.6 is 0 Å². The van der Waals surface area contributed by atoms with Gasteiger partial charge in [-0.05, 0) is 54.6 Å². The number of hydrogen-bond donors (Lipinski definition) is 1. The van der Waals surface area contributed by atoms with E-state index in [1.54, 1.807) is 19.2 Å². The Bertz CT molecular complexity index is 858. The SMILES string of the molecule is COCC[C@@H]1CO[C@@H](C(=O)N2CCc3ccccc3[C@@H]2c2ccc(F)cc2)CCN1. The number of methoxy groups -OCH3 is 1. The molecule has 2 aliphatic heterocycles. The van der Waals surface area contributed by atoms with Crippen LogP contribution in [0.5, 0.6) is 0 Å². The van der Waals surface area contributed by atoms with E-state index in [0.29, 0.717) is 26.2 Å². The molecule has 2 heterocycles. The first-order valence-electron chi connectivity index (χ1n) is 10.6. The van der Waals surface area contributed by atoms with Crippen LogP contribution in [0.15, 0.2) is 48.5 Å². The van der Waals surface area contributed by atoms with Gasteiger partial charge < -0.3 is 19.7 Å². The number of rotatable bonds is 5. The van der Waals surface area contributed by atoms with E-state index >= 15 is 0 Å². The molecule has 6 heteroatoms. The molecule has 2 aliphatic rings. The molecule has 0 aromatic heterocycles. The summed E-state index contributed by atoms with van der Waals surface area (Å²) < 4.78 is 24.8. The molecule has 2 aromatic carbocycles. The maximum Gasteiger partial charge on any atom is 0.252 e. The summed E-state index contributed by atoms with van der Waals surface area (Å²) in [6, 6.07) is 14.6. The van der Waals surface area contributed by atoms with Crippen LogP contribution in [0, 0.1) is 5.82 Å². The summed E-state index contributed by atoms with van der Waals surface area (Å²) in [7, 11) is 1.69. The van der Waals surface area contributed by atoms with Gasteiger partial charge in [-0.3, -0.25) is 4.79 Å². The van der Waals surface area contributed by atoms with Gasteiger partial charge in [0.2, 0.25) is 0 Å². The molecule has 2 aromatic rings. The minimum Gasteiger partial charge on any atom is -0.385 e. The Hall–Kier alpha value is -2.28. The molecule has 0 bridgehead atoms. The van der Waals surface area contributed by atoms with Gasteiger partial charge >= 0.3 is 0 Å². The monoisotopic (exact) mass is 412 g/mol. The van der Waals surface area contributed by atoms with E-state index < -0.39 is 6.10 Å². The third-order valence-corrected chi connectivity index (χ3v) is 6.04. The van der Waals surface area contributed by atoms with Crippen LogP contribution in [0.1, 0.15) is 35.6 Å². The first-order chi connectivity index (χ1) is 14.7. The highest BCUT2D eigenvalue weighted by atomic mass is 19.1. The summed E-state index contributed by atoms with van der Waals surface area (Å²) in [6.45, 7) is 2.51. The average Bonchev–Trinajstić information content (AvgIpc) is 3.03. The van der Waals surface area contributed by atoms with Crippen molar-refractivity contribution in [3.63, 3.8) is 0 Å². The van der Waals surface area contributed by atoms with Gasteiger partial charge in [-0.25, -0.2) is 4.39 Å². The summed E-state index contributed by atoms with van der Waals surface area (Å²) >= 11 is 0. The summed E-state index contributed by atoms with van der Waals surface area (Å²) in [5.41, 5.74) is 3.26. The van der Waals surface area contributed by atoms with Gasteiger partial charge in [-0.2, -0.15) is 0 Å². The number of benzene rings is 2. The second-order valence-corrected chi connectivity index (χ2v) is 7.98. The third kappa shape index (κ3) is 4.56. The maximum absolute atomic E-state index is 13.6. The summed E-state index contributed by atoms with van der Waals surface area (Å²) in [6.07, 6.45) is 1.82. The first kappa shape index (κ1) is 21.0. The Morgan fingerprint density at radius 1 is 1.23 bits per heavy atom. The van der Waals surface area contributed by atoms with Gasteiger partial charge in [0.15, 0.2) is 0 Å². The van der Waals surface area contributed by atoms with Crippen LogP contribution < -0.4 is 5.32 Å². The van der Waals surface area contributed by atoms with Gasteiger partial charge in [0, 0.05) is 26.3 Å². The normalized spacial score (nSPS) is 24.2. The zero-order valence-corrected chi connectivity index (χ0v) is 17.4. The van der Waals surface area contributed by atoms with Gasteiger partial charge in [-0.1, -0.05) is 36.4 Å². The molecule has 3 atom stereocenters. The van der Waals surface area contributed by atoms with Crippen molar-refractivity contribution in [3.8, 4) is 0 Å². The van der Waals surface area contributed by atoms with Crippen LogP contribution in [0.3, 0.4) is 0 Å². The highest BCUT2D eigenvalue weighted by Gasteiger charge is 2.36. The molecule has 1 N–H and O–H groups in total.